The van der Waals surface area contributed by atoms with Crippen molar-refractivity contribution in [3.8, 4) is 5.75 Å². The smallest absolute Gasteiger partial charge is 0.339 e. The van der Waals surface area contributed by atoms with E-state index in [1.54, 1.807) is 24.5 Å². The Hall–Kier alpha value is -2.56. The van der Waals surface area contributed by atoms with E-state index in [1.807, 2.05) is 26.0 Å². The maximum Gasteiger partial charge on any atom is 0.339 e. The molecular weight excluding hydrogens is 256 g/mol. The van der Waals surface area contributed by atoms with Crippen LogP contribution in [0.3, 0.4) is 0 Å². The van der Waals surface area contributed by atoms with E-state index in [2.05, 4.69) is 4.98 Å². The third kappa shape index (κ3) is 2.88. The molecule has 20 heavy (non-hydrogen) atoms. The molecule has 5 nitrogen and oxygen atoms in total. The fraction of sp³-hybridized carbons (Fsp3) is 0.200. The van der Waals surface area contributed by atoms with Crippen LogP contribution in [-0.4, -0.2) is 16.1 Å². The van der Waals surface area contributed by atoms with Gasteiger partial charge in [-0.05, 0) is 38.1 Å². The molecular formula is C15H16N2O3. The lowest BCUT2D eigenvalue weighted by Gasteiger charge is -2.27. The molecule has 1 aromatic carbocycles. The van der Waals surface area contributed by atoms with Crippen LogP contribution >= 0.6 is 0 Å². The Kier molecular flexibility index (Phi) is 3.61. The average molecular weight is 272 g/mol. The number of nitrogen functional groups attached to an aromatic ring is 1. The van der Waals surface area contributed by atoms with Crippen LogP contribution in [0.15, 0.2) is 42.7 Å². The van der Waals surface area contributed by atoms with Gasteiger partial charge >= 0.3 is 5.97 Å². The maximum atomic E-state index is 11.2. The number of hydrogen-bond donors (Lipinski definition) is 2. The van der Waals surface area contributed by atoms with Gasteiger partial charge in [0.2, 0.25) is 0 Å². The summed E-state index contributed by atoms with van der Waals surface area (Å²) in [6, 6.07) is 8.25. The first-order valence-corrected chi connectivity index (χ1v) is 6.12. The minimum Gasteiger partial charge on any atom is -0.482 e. The lowest BCUT2D eigenvalue weighted by Crippen LogP contribution is -2.26. The molecule has 2 aromatic rings. The molecule has 0 fully saturated rings. The molecule has 0 atom stereocenters. The Morgan fingerprint density at radius 2 is 2.10 bits per heavy atom. The van der Waals surface area contributed by atoms with Gasteiger partial charge in [0.05, 0.1) is 0 Å². The molecule has 0 unspecified atom stereocenters. The molecule has 0 radical (unpaired) electrons. The number of benzene rings is 1. The first-order valence-electron chi connectivity index (χ1n) is 6.12. The summed E-state index contributed by atoms with van der Waals surface area (Å²) in [7, 11) is 0. The molecule has 0 aliphatic rings. The number of aromatic nitrogens is 1. The lowest BCUT2D eigenvalue weighted by molar-refractivity contribution is 0.0672. The maximum absolute atomic E-state index is 11.2. The highest BCUT2D eigenvalue weighted by atomic mass is 16.5. The standard InChI is InChI=1S/C15H16N2O3/c1-15(2,10-4-3-7-17-9-10)20-13-6-5-11(16)8-12(13)14(18)19/h3-9H,16H2,1-2H3,(H,18,19). The van der Waals surface area contributed by atoms with E-state index >= 15 is 0 Å². The SMILES string of the molecule is CC(C)(Oc1ccc(N)cc1C(=O)O)c1cccnc1. The number of carboxylic acid groups (broad SMARTS) is 1. The summed E-state index contributed by atoms with van der Waals surface area (Å²) in [5.74, 6) is -0.796. The van der Waals surface area contributed by atoms with E-state index in [9.17, 15) is 9.90 Å². The van der Waals surface area contributed by atoms with Gasteiger partial charge in [-0.25, -0.2) is 4.79 Å². The van der Waals surface area contributed by atoms with Crippen LogP contribution in [-0.2, 0) is 5.60 Å². The van der Waals surface area contributed by atoms with Crippen LogP contribution in [0.5, 0.6) is 5.75 Å². The average Bonchev–Trinajstić information content (AvgIpc) is 2.41. The lowest BCUT2D eigenvalue weighted by atomic mass is 10.00. The van der Waals surface area contributed by atoms with E-state index in [0.717, 1.165) is 5.56 Å². The molecule has 0 saturated heterocycles. The molecule has 5 heteroatoms. The summed E-state index contributed by atoms with van der Waals surface area (Å²) in [4.78, 5) is 15.3. The molecule has 2 rings (SSSR count). The van der Waals surface area contributed by atoms with Gasteiger partial charge in [-0.1, -0.05) is 6.07 Å². The largest absolute Gasteiger partial charge is 0.482 e. The molecule has 0 spiro atoms. The van der Waals surface area contributed by atoms with Crippen molar-refractivity contribution in [2.24, 2.45) is 0 Å². The first-order chi connectivity index (χ1) is 9.40. The minimum absolute atomic E-state index is 0.0435. The summed E-state index contributed by atoms with van der Waals surface area (Å²) in [6.45, 7) is 3.71. The van der Waals surface area contributed by atoms with Crippen LogP contribution in [0, 0.1) is 0 Å². The topological polar surface area (TPSA) is 85.4 Å². The molecule has 0 saturated carbocycles. The normalized spacial score (nSPS) is 11.1. The molecule has 0 aliphatic heterocycles. The van der Waals surface area contributed by atoms with E-state index in [0.29, 0.717) is 5.69 Å². The van der Waals surface area contributed by atoms with E-state index < -0.39 is 11.6 Å². The summed E-state index contributed by atoms with van der Waals surface area (Å²) < 4.78 is 5.86. The highest BCUT2D eigenvalue weighted by Gasteiger charge is 2.25. The van der Waals surface area contributed by atoms with Crippen molar-refractivity contribution in [1.29, 1.82) is 0 Å². The van der Waals surface area contributed by atoms with Gasteiger partial charge in [0, 0.05) is 23.6 Å². The number of pyridine rings is 1. The molecule has 1 heterocycles. The van der Waals surface area contributed by atoms with E-state index in [-0.39, 0.29) is 11.3 Å². The molecule has 0 aliphatic carbocycles. The summed E-state index contributed by atoms with van der Waals surface area (Å²) in [5, 5.41) is 9.21. The van der Waals surface area contributed by atoms with Gasteiger partial charge in [0.25, 0.3) is 0 Å². The number of nitrogens with two attached hydrogens (primary N) is 1. The van der Waals surface area contributed by atoms with Gasteiger partial charge in [-0.2, -0.15) is 0 Å². The number of rotatable bonds is 4. The second-order valence-corrected chi connectivity index (χ2v) is 4.91. The number of anilines is 1. The van der Waals surface area contributed by atoms with Crippen LogP contribution in [0.4, 0.5) is 5.69 Å². The number of ether oxygens (including phenoxy) is 1. The first kappa shape index (κ1) is 13.9. The summed E-state index contributed by atoms with van der Waals surface area (Å²) in [6.07, 6.45) is 3.36. The number of hydrogen-bond acceptors (Lipinski definition) is 4. The number of aromatic carboxylic acids is 1. The number of nitrogens with zero attached hydrogens (tertiary/aromatic N) is 1. The zero-order chi connectivity index (χ0) is 14.8. The van der Waals surface area contributed by atoms with E-state index in [1.165, 1.54) is 6.07 Å². The van der Waals surface area contributed by atoms with E-state index in [4.69, 9.17) is 10.5 Å². The number of carbonyl (C=O) groups is 1. The fourth-order valence-corrected chi connectivity index (χ4v) is 1.86. The van der Waals surface area contributed by atoms with Crippen LogP contribution in [0.2, 0.25) is 0 Å². The second kappa shape index (κ2) is 5.21. The van der Waals surface area contributed by atoms with Crippen molar-refractivity contribution < 1.29 is 14.6 Å². The highest BCUT2D eigenvalue weighted by molar-refractivity contribution is 5.92. The van der Waals surface area contributed by atoms with Crippen molar-refractivity contribution in [3.63, 3.8) is 0 Å². The zero-order valence-corrected chi connectivity index (χ0v) is 11.3. The van der Waals surface area contributed by atoms with Gasteiger partial charge < -0.3 is 15.6 Å². The van der Waals surface area contributed by atoms with Gasteiger partial charge in [-0.15, -0.1) is 0 Å². The van der Waals surface area contributed by atoms with Crippen molar-refractivity contribution >= 4 is 11.7 Å². The molecule has 1 aromatic heterocycles. The Morgan fingerprint density at radius 3 is 2.70 bits per heavy atom. The molecule has 3 N–H and O–H groups in total. The van der Waals surface area contributed by atoms with Crippen molar-refractivity contribution in [1.82, 2.24) is 4.98 Å². The zero-order valence-electron chi connectivity index (χ0n) is 11.3. The Labute approximate surface area is 117 Å². The third-order valence-corrected chi connectivity index (χ3v) is 2.96. The van der Waals surface area contributed by atoms with Crippen molar-refractivity contribution in [2.45, 2.75) is 19.4 Å². The molecule has 104 valence electrons. The van der Waals surface area contributed by atoms with Crippen molar-refractivity contribution in [2.75, 3.05) is 5.73 Å². The van der Waals surface area contributed by atoms with Crippen molar-refractivity contribution in [3.05, 3.63) is 53.9 Å². The molecule has 0 amide bonds. The Balaban J connectivity index is 2.37. The minimum atomic E-state index is -1.07. The van der Waals surface area contributed by atoms with Gasteiger partial charge in [-0.3, -0.25) is 4.98 Å². The highest BCUT2D eigenvalue weighted by Crippen LogP contribution is 2.30. The Bertz CT molecular complexity index is 624. The summed E-state index contributed by atoms with van der Waals surface area (Å²) >= 11 is 0. The Morgan fingerprint density at radius 1 is 1.35 bits per heavy atom. The number of carboxylic acids is 1. The van der Waals surface area contributed by atoms with Crippen LogP contribution in [0.25, 0.3) is 0 Å². The summed E-state index contributed by atoms with van der Waals surface area (Å²) in [5.41, 5.74) is 6.19. The molecule has 0 bridgehead atoms. The van der Waals surface area contributed by atoms with Gasteiger partial charge in [0.1, 0.15) is 16.9 Å². The van der Waals surface area contributed by atoms with Crippen LogP contribution < -0.4 is 10.5 Å². The monoisotopic (exact) mass is 272 g/mol. The second-order valence-electron chi connectivity index (χ2n) is 4.91. The quantitative estimate of drug-likeness (QED) is 0.836. The third-order valence-electron chi connectivity index (χ3n) is 2.96. The predicted octanol–water partition coefficient (Wildman–Crippen LogP) is 2.68. The predicted molar refractivity (Wildman–Crippen MR) is 75.7 cm³/mol. The van der Waals surface area contributed by atoms with Gasteiger partial charge in [0.15, 0.2) is 0 Å². The van der Waals surface area contributed by atoms with Crippen LogP contribution in [0.1, 0.15) is 29.8 Å². The fourth-order valence-electron chi connectivity index (χ4n) is 1.86.